The van der Waals surface area contributed by atoms with Gasteiger partial charge in [0.15, 0.2) is 0 Å². The smallest absolute Gasteiger partial charge is 0.408 e. The third-order valence-corrected chi connectivity index (χ3v) is 4.45. The van der Waals surface area contributed by atoms with Crippen molar-refractivity contribution in [2.45, 2.75) is 70.9 Å². The van der Waals surface area contributed by atoms with E-state index in [0.717, 1.165) is 12.5 Å². The molecule has 0 aliphatic heterocycles. The number of nitrogens with one attached hydrogen (secondary N) is 1. The first-order valence-electron chi connectivity index (χ1n) is 7.02. The maximum Gasteiger partial charge on any atom is 0.408 e. The third-order valence-electron chi connectivity index (χ3n) is 2.60. The summed E-state index contributed by atoms with van der Waals surface area (Å²) in [6, 6.07) is 0.474. The van der Waals surface area contributed by atoms with Crippen LogP contribution in [0.3, 0.4) is 0 Å². The van der Waals surface area contributed by atoms with Crippen molar-refractivity contribution in [2.24, 2.45) is 0 Å². The van der Waals surface area contributed by atoms with Gasteiger partial charge in [-0.1, -0.05) is 32.1 Å². The van der Waals surface area contributed by atoms with Crippen LogP contribution in [0, 0.1) is 0 Å². The van der Waals surface area contributed by atoms with Gasteiger partial charge in [-0.15, -0.1) is 0 Å². The van der Waals surface area contributed by atoms with Gasteiger partial charge in [-0.2, -0.15) is 0 Å². The number of carbonyl (C=O) groups excluding carboxylic acids is 2. The molecule has 0 saturated carbocycles. The SMILES string of the molecule is COC(=O)C(CCC[Si](C)(C)C)NC(=O)OC(C)(C)C. The zero-order valence-electron chi connectivity index (χ0n) is 13.8. The quantitative estimate of drug-likeness (QED) is 0.604. The molecule has 0 bridgehead atoms. The lowest BCUT2D eigenvalue weighted by Crippen LogP contribution is -2.44. The predicted octanol–water partition coefficient (Wildman–Crippen LogP) is 3.17. The Morgan fingerprint density at radius 2 is 1.75 bits per heavy atom. The Morgan fingerprint density at radius 3 is 2.15 bits per heavy atom. The number of hydrogen-bond donors (Lipinski definition) is 1. The average Bonchev–Trinajstić information content (AvgIpc) is 2.22. The van der Waals surface area contributed by atoms with Crippen LogP contribution in [0.15, 0.2) is 0 Å². The van der Waals surface area contributed by atoms with Gasteiger partial charge in [-0.05, 0) is 27.2 Å². The van der Waals surface area contributed by atoms with Crippen molar-refractivity contribution >= 4 is 20.1 Å². The van der Waals surface area contributed by atoms with E-state index in [2.05, 4.69) is 25.0 Å². The minimum absolute atomic E-state index is 0.425. The van der Waals surface area contributed by atoms with Crippen molar-refractivity contribution in [3.8, 4) is 0 Å². The number of amides is 1. The third kappa shape index (κ3) is 9.83. The van der Waals surface area contributed by atoms with E-state index in [1.54, 1.807) is 20.8 Å². The molecule has 6 heteroatoms. The van der Waals surface area contributed by atoms with Gasteiger partial charge in [-0.25, -0.2) is 9.59 Å². The topological polar surface area (TPSA) is 64.6 Å². The Morgan fingerprint density at radius 1 is 1.20 bits per heavy atom. The Hall–Kier alpha value is -1.04. The van der Waals surface area contributed by atoms with Gasteiger partial charge in [0.25, 0.3) is 0 Å². The molecule has 0 spiro atoms. The lowest BCUT2D eigenvalue weighted by atomic mass is 10.1. The van der Waals surface area contributed by atoms with Crippen LogP contribution in [-0.2, 0) is 14.3 Å². The van der Waals surface area contributed by atoms with Crippen molar-refractivity contribution in [3.05, 3.63) is 0 Å². The molecule has 0 saturated heterocycles. The molecule has 1 unspecified atom stereocenters. The number of rotatable bonds is 6. The van der Waals surface area contributed by atoms with Gasteiger partial charge in [0.2, 0.25) is 0 Å². The van der Waals surface area contributed by atoms with Gasteiger partial charge in [0, 0.05) is 8.07 Å². The molecule has 0 aromatic carbocycles. The lowest BCUT2D eigenvalue weighted by molar-refractivity contribution is -0.143. The Bertz CT molecular complexity index is 331. The highest BCUT2D eigenvalue weighted by Crippen LogP contribution is 2.15. The summed E-state index contributed by atoms with van der Waals surface area (Å²) in [6.07, 6.45) is 0.891. The molecule has 1 amide bonds. The second-order valence-corrected chi connectivity index (χ2v) is 12.8. The van der Waals surface area contributed by atoms with E-state index in [0.29, 0.717) is 6.42 Å². The van der Waals surface area contributed by atoms with Crippen molar-refractivity contribution in [1.29, 1.82) is 0 Å². The fraction of sp³-hybridized carbons (Fsp3) is 0.857. The maximum atomic E-state index is 11.7. The van der Waals surface area contributed by atoms with Crippen molar-refractivity contribution in [1.82, 2.24) is 5.32 Å². The zero-order chi connectivity index (χ0) is 16.0. The highest BCUT2D eigenvalue weighted by molar-refractivity contribution is 6.76. The zero-order valence-corrected chi connectivity index (χ0v) is 14.8. The molecule has 0 aliphatic rings. The molecule has 1 atom stereocenters. The number of esters is 1. The van der Waals surface area contributed by atoms with Crippen LogP contribution in [0.4, 0.5) is 4.79 Å². The Balaban J connectivity index is 4.43. The molecule has 0 rings (SSSR count). The average molecular weight is 303 g/mol. The number of alkyl carbamates (subject to hydrolysis) is 1. The first-order chi connectivity index (χ1) is 8.94. The van der Waals surface area contributed by atoms with E-state index in [9.17, 15) is 9.59 Å². The molecule has 1 N–H and O–H groups in total. The summed E-state index contributed by atoms with van der Waals surface area (Å²) in [5, 5.41) is 2.59. The summed E-state index contributed by atoms with van der Waals surface area (Å²) < 4.78 is 9.89. The molecular formula is C14H29NO4Si. The van der Waals surface area contributed by atoms with Crippen LogP contribution in [-0.4, -0.2) is 38.9 Å². The molecule has 0 radical (unpaired) electrons. The molecule has 0 aliphatic carbocycles. The van der Waals surface area contributed by atoms with Crippen LogP contribution in [0.2, 0.25) is 25.7 Å². The number of ether oxygens (including phenoxy) is 2. The number of methoxy groups -OCH3 is 1. The second-order valence-electron chi connectivity index (χ2n) is 7.17. The normalized spacial score (nSPS) is 13.6. The monoisotopic (exact) mass is 303 g/mol. The Labute approximate surface area is 123 Å². The van der Waals surface area contributed by atoms with Crippen molar-refractivity contribution in [3.63, 3.8) is 0 Å². The summed E-state index contributed by atoms with van der Waals surface area (Å²) in [6.45, 7) is 12.2. The first kappa shape index (κ1) is 19.0. The van der Waals surface area contributed by atoms with Gasteiger partial charge in [0.1, 0.15) is 11.6 Å². The van der Waals surface area contributed by atoms with Crippen LogP contribution in [0.5, 0.6) is 0 Å². The summed E-state index contributed by atoms with van der Waals surface area (Å²) >= 11 is 0. The summed E-state index contributed by atoms with van der Waals surface area (Å²) in [5.41, 5.74) is -0.580. The number of carbonyl (C=O) groups is 2. The van der Waals surface area contributed by atoms with E-state index in [1.165, 1.54) is 7.11 Å². The Kier molecular flexibility index (Phi) is 7.26. The number of hydrogen-bond acceptors (Lipinski definition) is 4. The molecule has 118 valence electrons. The van der Waals surface area contributed by atoms with E-state index in [-0.39, 0.29) is 0 Å². The molecule has 0 aromatic heterocycles. The highest BCUT2D eigenvalue weighted by atomic mass is 28.3. The van der Waals surface area contributed by atoms with Crippen LogP contribution < -0.4 is 5.32 Å². The molecule has 0 aromatic rings. The largest absolute Gasteiger partial charge is 0.467 e. The fourth-order valence-electron chi connectivity index (χ4n) is 1.68. The molecule has 5 nitrogen and oxygen atoms in total. The van der Waals surface area contributed by atoms with Gasteiger partial charge in [-0.3, -0.25) is 0 Å². The van der Waals surface area contributed by atoms with E-state index in [4.69, 9.17) is 9.47 Å². The van der Waals surface area contributed by atoms with E-state index >= 15 is 0 Å². The second kappa shape index (κ2) is 7.66. The first-order valence-corrected chi connectivity index (χ1v) is 10.7. The van der Waals surface area contributed by atoms with Crippen LogP contribution in [0.25, 0.3) is 0 Å². The van der Waals surface area contributed by atoms with Gasteiger partial charge < -0.3 is 14.8 Å². The molecule has 0 heterocycles. The molecule has 20 heavy (non-hydrogen) atoms. The summed E-state index contributed by atoms with van der Waals surface area (Å²) in [5.74, 6) is -0.425. The maximum absolute atomic E-state index is 11.7. The molecule has 0 fully saturated rings. The standard InChI is InChI=1S/C14H29NO4Si/c1-14(2,3)19-13(17)15-11(12(16)18-4)9-8-10-20(5,6)7/h11H,8-10H2,1-7H3,(H,15,17). The minimum atomic E-state index is -1.14. The summed E-state index contributed by atoms with van der Waals surface area (Å²) in [4.78, 5) is 23.4. The predicted molar refractivity (Wildman–Crippen MR) is 82.6 cm³/mol. The molecular weight excluding hydrogens is 274 g/mol. The van der Waals surface area contributed by atoms with Crippen molar-refractivity contribution in [2.75, 3.05) is 7.11 Å². The lowest BCUT2D eigenvalue weighted by Gasteiger charge is -2.23. The fourth-order valence-corrected chi connectivity index (χ4v) is 2.94. The van der Waals surface area contributed by atoms with Crippen LogP contribution in [0.1, 0.15) is 33.6 Å². The summed E-state index contributed by atoms with van der Waals surface area (Å²) in [7, 11) is 0.181. The van der Waals surface area contributed by atoms with Gasteiger partial charge in [0.05, 0.1) is 7.11 Å². The van der Waals surface area contributed by atoms with E-state index in [1.807, 2.05) is 0 Å². The van der Waals surface area contributed by atoms with E-state index < -0.39 is 31.8 Å². The van der Waals surface area contributed by atoms with Crippen molar-refractivity contribution < 1.29 is 19.1 Å². The minimum Gasteiger partial charge on any atom is -0.467 e. The van der Waals surface area contributed by atoms with Crippen LogP contribution >= 0.6 is 0 Å². The van der Waals surface area contributed by atoms with Gasteiger partial charge >= 0.3 is 12.1 Å². The highest BCUT2D eigenvalue weighted by Gasteiger charge is 2.25.